The van der Waals surface area contributed by atoms with E-state index in [1.165, 1.54) is 17.0 Å². The minimum absolute atomic E-state index is 0.0589. The molecule has 5 nitrogen and oxygen atoms in total. The van der Waals surface area contributed by atoms with Crippen molar-refractivity contribution in [1.29, 1.82) is 0 Å². The van der Waals surface area contributed by atoms with Gasteiger partial charge in [-0.2, -0.15) is 0 Å². The molecule has 4 rings (SSSR count). The van der Waals surface area contributed by atoms with E-state index in [-0.39, 0.29) is 43.6 Å². The largest absolute Gasteiger partial charge is 0.350 e. The molecule has 8 heteroatoms. The number of alkyl halides is 2. The Morgan fingerprint density at radius 1 is 1.32 bits per heavy atom. The molecule has 2 aliphatic heterocycles. The van der Waals surface area contributed by atoms with Crippen molar-refractivity contribution in [1.82, 2.24) is 15.5 Å². The maximum atomic E-state index is 14.2. The predicted molar refractivity (Wildman–Crippen MR) is 96.4 cm³/mol. The summed E-state index contributed by atoms with van der Waals surface area (Å²) in [6.45, 7) is 1.92. The van der Waals surface area contributed by atoms with Crippen LogP contribution in [0.5, 0.6) is 0 Å². The highest BCUT2D eigenvalue weighted by molar-refractivity contribution is 5.95. The van der Waals surface area contributed by atoms with Gasteiger partial charge in [0.15, 0.2) is 0 Å². The average Bonchev–Trinajstić information content (AvgIpc) is 3.43. The summed E-state index contributed by atoms with van der Waals surface area (Å²) in [6, 6.07) is 3.12. The zero-order valence-corrected chi connectivity index (χ0v) is 15.7. The number of hydrogen-bond acceptors (Lipinski definition) is 3. The number of carbonyl (C=O) groups excluding carboxylic acids is 2. The highest BCUT2D eigenvalue weighted by Gasteiger charge is 2.57. The topological polar surface area (TPSA) is 61.4 Å². The van der Waals surface area contributed by atoms with Gasteiger partial charge in [0.25, 0.3) is 0 Å². The number of halogens is 3. The van der Waals surface area contributed by atoms with Crippen molar-refractivity contribution < 1.29 is 22.8 Å². The van der Waals surface area contributed by atoms with E-state index in [0.717, 1.165) is 5.56 Å². The van der Waals surface area contributed by atoms with Crippen LogP contribution in [0.1, 0.15) is 37.3 Å². The van der Waals surface area contributed by atoms with Crippen LogP contribution in [-0.4, -0.2) is 53.2 Å². The number of amides is 2. The number of piperidine rings is 1. The number of hydrogen-bond donors (Lipinski definition) is 2. The third-order valence-corrected chi connectivity index (χ3v) is 6.15. The standard InChI is InChI=1S/C20H24F3N3O2/c1-11(18-16(23)8-15(22)9-24-18)25-19(28)20(4-5-20)26-10-13-6-14(21)3-2-12(13)7-17(26)27/h2-3,6,11,15-16,18,24H,4-5,7-10H2,1H3,(H,25,28)/t11-,15?,16?,18?/m0/s1. The molecular weight excluding hydrogens is 371 g/mol. The third kappa shape index (κ3) is 3.38. The van der Waals surface area contributed by atoms with Crippen molar-refractivity contribution in [3.63, 3.8) is 0 Å². The average molecular weight is 395 g/mol. The van der Waals surface area contributed by atoms with Gasteiger partial charge in [0.05, 0.1) is 12.5 Å². The Morgan fingerprint density at radius 2 is 2.07 bits per heavy atom. The minimum Gasteiger partial charge on any atom is -0.350 e. The van der Waals surface area contributed by atoms with Crippen LogP contribution in [0.4, 0.5) is 13.2 Å². The van der Waals surface area contributed by atoms with Crippen molar-refractivity contribution in [2.75, 3.05) is 6.54 Å². The second-order valence-electron chi connectivity index (χ2n) is 8.15. The second kappa shape index (κ2) is 7.06. The molecular formula is C20H24F3N3O2. The Bertz CT molecular complexity index is 799. The van der Waals surface area contributed by atoms with Gasteiger partial charge in [-0.25, -0.2) is 13.2 Å². The van der Waals surface area contributed by atoms with E-state index < -0.39 is 30.0 Å². The first-order chi connectivity index (χ1) is 13.3. The van der Waals surface area contributed by atoms with E-state index in [0.29, 0.717) is 18.4 Å². The molecule has 1 saturated carbocycles. The molecule has 152 valence electrons. The fraction of sp³-hybridized carbons (Fsp3) is 0.600. The molecule has 0 bridgehead atoms. The molecule has 2 fully saturated rings. The molecule has 0 radical (unpaired) electrons. The van der Waals surface area contributed by atoms with Gasteiger partial charge in [0, 0.05) is 25.6 Å². The summed E-state index contributed by atoms with van der Waals surface area (Å²) in [5.74, 6) is -0.872. The molecule has 1 aliphatic carbocycles. The second-order valence-corrected chi connectivity index (χ2v) is 8.15. The quantitative estimate of drug-likeness (QED) is 0.817. The predicted octanol–water partition coefficient (Wildman–Crippen LogP) is 1.79. The number of fused-ring (bicyclic) bond motifs is 1. The number of nitrogens with zero attached hydrogens (tertiary/aromatic N) is 1. The molecule has 2 heterocycles. The Kier molecular flexibility index (Phi) is 4.85. The van der Waals surface area contributed by atoms with Gasteiger partial charge >= 0.3 is 0 Å². The minimum atomic E-state index is -1.39. The number of rotatable bonds is 4. The molecule has 0 aromatic heterocycles. The SMILES string of the molecule is C[C@H](NC(=O)C1(N2Cc3cc(F)ccc3CC2=O)CC1)C1NCC(F)CC1F. The highest BCUT2D eigenvalue weighted by atomic mass is 19.1. The number of carbonyl (C=O) groups is 2. The van der Waals surface area contributed by atoms with Crippen LogP contribution in [0.15, 0.2) is 18.2 Å². The summed E-state index contributed by atoms with van der Waals surface area (Å²) < 4.78 is 41.1. The lowest BCUT2D eigenvalue weighted by atomic mass is 9.95. The van der Waals surface area contributed by atoms with Crippen molar-refractivity contribution in [2.24, 2.45) is 0 Å². The number of nitrogens with one attached hydrogen (secondary N) is 2. The molecule has 1 aromatic carbocycles. The first kappa shape index (κ1) is 19.2. The highest BCUT2D eigenvalue weighted by Crippen LogP contribution is 2.45. The molecule has 0 spiro atoms. The van der Waals surface area contributed by atoms with Crippen LogP contribution in [-0.2, 0) is 22.6 Å². The summed E-state index contributed by atoms with van der Waals surface area (Å²) in [4.78, 5) is 27.1. The normalized spacial score (nSPS) is 29.8. The monoisotopic (exact) mass is 395 g/mol. The van der Waals surface area contributed by atoms with Gasteiger partial charge in [-0.3, -0.25) is 9.59 Å². The maximum absolute atomic E-state index is 14.2. The van der Waals surface area contributed by atoms with Crippen molar-refractivity contribution in [2.45, 2.75) is 69.1 Å². The van der Waals surface area contributed by atoms with Crippen molar-refractivity contribution in [3.8, 4) is 0 Å². The molecule has 3 unspecified atom stereocenters. The lowest BCUT2D eigenvalue weighted by Crippen LogP contribution is -2.61. The van der Waals surface area contributed by atoms with E-state index in [4.69, 9.17) is 0 Å². The van der Waals surface area contributed by atoms with Gasteiger partial charge in [-0.05, 0) is 43.0 Å². The van der Waals surface area contributed by atoms with Crippen molar-refractivity contribution in [3.05, 3.63) is 35.1 Å². The summed E-state index contributed by atoms with van der Waals surface area (Å²) in [5, 5.41) is 5.64. The lowest BCUT2D eigenvalue weighted by molar-refractivity contribution is -0.143. The fourth-order valence-corrected chi connectivity index (χ4v) is 4.35. The van der Waals surface area contributed by atoms with Crippen LogP contribution >= 0.6 is 0 Å². The zero-order chi connectivity index (χ0) is 20.1. The van der Waals surface area contributed by atoms with Crippen LogP contribution in [0.3, 0.4) is 0 Å². The molecule has 1 saturated heterocycles. The maximum Gasteiger partial charge on any atom is 0.246 e. The van der Waals surface area contributed by atoms with Crippen LogP contribution in [0, 0.1) is 5.82 Å². The summed E-state index contributed by atoms with van der Waals surface area (Å²) in [6.07, 6.45) is -1.63. The summed E-state index contributed by atoms with van der Waals surface area (Å²) in [7, 11) is 0. The first-order valence-electron chi connectivity index (χ1n) is 9.70. The van der Waals surface area contributed by atoms with E-state index in [1.807, 2.05) is 0 Å². The zero-order valence-electron chi connectivity index (χ0n) is 15.7. The molecule has 1 aromatic rings. The van der Waals surface area contributed by atoms with Crippen LogP contribution < -0.4 is 10.6 Å². The van der Waals surface area contributed by atoms with Gasteiger partial charge in [0.2, 0.25) is 11.8 Å². The Morgan fingerprint density at radius 3 is 2.75 bits per heavy atom. The smallest absolute Gasteiger partial charge is 0.246 e. The molecule has 3 aliphatic rings. The summed E-state index contributed by atoms with van der Waals surface area (Å²) in [5.41, 5.74) is 0.525. The lowest BCUT2D eigenvalue weighted by Gasteiger charge is -2.38. The number of benzene rings is 1. The molecule has 4 atom stereocenters. The van der Waals surface area contributed by atoms with Crippen molar-refractivity contribution >= 4 is 11.8 Å². The van der Waals surface area contributed by atoms with E-state index in [2.05, 4.69) is 10.6 Å². The Labute approximate surface area is 161 Å². The Balaban J connectivity index is 1.46. The fourth-order valence-electron chi connectivity index (χ4n) is 4.35. The van der Waals surface area contributed by atoms with Crippen LogP contribution in [0.25, 0.3) is 0 Å². The first-order valence-corrected chi connectivity index (χ1v) is 9.70. The molecule has 2 amide bonds. The van der Waals surface area contributed by atoms with Gasteiger partial charge in [-0.1, -0.05) is 6.07 Å². The van der Waals surface area contributed by atoms with Gasteiger partial charge < -0.3 is 15.5 Å². The summed E-state index contributed by atoms with van der Waals surface area (Å²) >= 11 is 0. The third-order valence-electron chi connectivity index (χ3n) is 6.15. The van der Waals surface area contributed by atoms with E-state index in [9.17, 15) is 22.8 Å². The van der Waals surface area contributed by atoms with Gasteiger partial charge in [0.1, 0.15) is 23.7 Å². The van der Waals surface area contributed by atoms with Gasteiger partial charge in [-0.15, -0.1) is 0 Å². The van der Waals surface area contributed by atoms with Crippen LogP contribution in [0.2, 0.25) is 0 Å². The van der Waals surface area contributed by atoms with E-state index >= 15 is 0 Å². The molecule has 2 N–H and O–H groups in total. The molecule has 28 heavy (non-hydrogen) atoms. The van der Waals surface area contributed by atoms with E-state index in [1.54, 1.807) is 13.0 Å². The Hall–Kier alpha value is -2.09.